The number of aliphatic imine (C=N–C) groups is 1. The first-order valence-electron chi connectivity index (χ1n) is 8.63. The second kappa shape index (κ2) is 12.5. The van der Waals surface area contributed by atoms with Gasteiger partial charge in [0.1, 0.15) is 11.5 Å². The molecule has 2 N–H and O–H groups in total. The van der Waals surface area contributed by atoms with Crippen LogP contribution in [0.4, 0.5) is 4.39 Å². The number of aromatic nitrogens is 1. The molecule has 1 aromatic carbocycles. The molecule has 0 aliphatic carbocycles. The molecule has 0 saturated heterocycles. The van der Waals surface area contributed by atoms with E-state index in [1.807, 2.05) is 0 Å². The molecule has 0 spiro atoms. The summed E-state index contributed by atoms with van der Waals surface area (Å²) in [6, 6.07) is 9.25. The number of para-hydroxylation sites is 1. The number of rotatable bonds is 9. The van der Waals surface area contributed by atoms with E-state index in [2.05, 4.69) is 20.0 Å². The number of nitrogens with one attached hydrogen (secondary N) is 2. The van der Waals surface area contributed by atoms with Gasteiger partial charge in [-0.25, -0.2) is 17.5 Å². The van der Waals surface area contributed by atoms with Crippen molar-refractivity contribution >= 4 is 40.0 Å². The largest absolute Gasteiger partial charge is 0.489 e. The fourth-order valence-electron chi connectivity index (χ4n) is 2.29. The van der Waals surface area contributed by atoms with Gasteiger partial charge < -0.3 is 15.0 Å². The summed E-state index contributed by atoms with van der Waals surface area (Å²) in [5, 5.41) is 3.06. The van der Waals surface area contributed by atoms with Crippen molar-refractivity contribution in [3.63, 3.8) is 0 Å². The zero-order valence-electron chi connectivity index (χ0n) is 16.2. The van der Waals surface area contributed by atoms with Crippen LogP contribution in [0.3, 0.4) is 0 Å². The lowest BCUT2D eigenvalue weighted by molar-refractivity contribution is 0.270. The maximum absolute atomic E-state index is 13.5. The van der Waals surface area contributed by atoms with Crippen molar-refractivity contribution in [2.75, 3.05) is 40.3 Å². The molecule has 0 saturated carbocycles. The van der Waals surface area contributed by atoms with Crippen LogP contribution in [0.2, 0.25) is 0 Å². The molecule has 1 heterocycles. The third-order valence-electron chi connectivity index (χ3n) is 3.74. The second-order valence-corrected chi connectivity index (χ2v) is 7.53. The van der Waals surface area contributed by atoms with Crippen LogP contribution in [0.5, 0.6) is 5.75 Å². The summed E-state index contributed by atoms with van der Waals surface area (Å²) in [7, 11) is -0.169. The van der Waals surface area contributed by atoms with Gasteiger partial charge in [0.05, 0.1) is 6.54 Å². The summed E-state index contributed by atoms with van der Waals surface area (Å²) in [5.74, 6) is 0.356. The lowest BCUT2D eigenvalue weighted by atomic mass is 10.3. The van der Waals surface area contributed by atoms with Crippen LogP contribution in [-0.4, -0.2) is 64.6 Å². The highest BCUT2D eigenvalue weighted by molar-refractivity contribution is 14.0. The van der Waals surface area contributed by atoms with Crippen molar-refractivity contribution < 1.29 is 17.5 Å². The van der Waals surface area contributed by atoms with Gasteiger partial charge in [0.25, 0.3) is 0 Å². The topological polar surface area (TPSA) is 95.9 Å². The molecule has 0 unspecified atom stereocenters. The molecule has 2 rings (SSSR count). The standard InChI is InChI=1S/C18H24FN5O3S.HI/c1-20-18(24(2)12-13-27-17-8-4-3-7-16(17)19)22-10-11-23-28(25,26)15-6-5-9-21-14-15;/h3-9,14,23H,10-13H2,1-2H3,(H,20,22);1H. The van der Waals surface area contributed by atoms with Crippen LogP contribution in [0, 0.1) is 5.82 Å². The van der Waals surface area contributed by atoms with E-state index < -0.39 is 15.8 Å². The van der Waals surface area contributed by atoms with Crippen molar-refractivity contribution in [1.82, 2.24) is 19.9 Å². The Balaban J connectivity index is 0.00000420. The molecule has 0 aliphatic heterocycles. The number of guanidine groups is 1. The summed E-state index contributed by atoms with van der Waals surface area (Å²) in [6.07, 6.45) is 2.80. The Morgan fingerprint density at radius 1 is 1.24 bits per heavy atom. The van der Waals surface area contributed by atoms with Gasteiger partial charge in [0, 0.05) is 39.6 Å². The van der Waals surface area contributed by atoms with Gasteiger partial charge in [-0.1, -0.05) is 12.1 Å². The summed E-state index contributed by atoms with van der Waals surface area (Å²) >= 11 is 0. The first-order chi connectivity index (χ1) is 13.4. The number of nitrogens with zero attached hydrogens (tertiary/aromatic N) is 3. The molecular weight excluding hydrogens is 512 g/mol. The molecule has 2 aromatic rings. The molecule has 0 aliphatic rings. The monoisotopic (exact) mass is 537 g/mol. The van der Waals surface area contributed by atoms with Crippen molar-refractivity contribution in [3.05, 3.63) is 54.6 Å². The predicted molar refractivity (Wildman–Crippen MR) is 121 cm³/mol. The molecule has 11 heteroatoms. The lowest BCUT2D eigenvalue weighted by Gasteiger charge is -2.22. The van der Waals surface area contributed by atoms with E-state index in [1.165, 1.54) is 24.5 Å². The van der Waals surface area contributed by atoms with E-state index >= 15 is 0 Å². The number of ether oxygens (including phenoxy) is 1. The van der Waals surface area contributed by atoms with Crippen LogP contribution in [0.25, 0.3) is 0 Å². The van der Waals surface area contributed by atoms with Gasteiger partial charge in [-0.15, -0.1) is 24.0 Å². The van der Waals surface area contributed by atoms with E-state index in [4.69, 9.17) is 4.74 Å². The minimum atomic E-state index is -3.60. The van der Waals surface area contributed by atoms with E-state index in [0.717, 1.165) is 0 Å². The van der Waals surface area contributed by atoms with Crippen LogP contribution in [-0.2, 0) is 10.0 Å². The van der Waals surface area contributed by atoms with Crippen LogP contribution in [0.15, 0.2) is 58.7 Å². The van der Waals surface area contributed by atoms with E-state index in [0.29, 0.717) is 19.0 Å². The Bertz CT molecular complexity index is 884. The third kappa shape index (κ3) is 8.11. The van der Waals surface area contributed by atoms with Gasteiger partial charge in [-0.2, -0.15) is 0 Å². The first kappa shape index (κ1) is 25.0. The molecule has 1 aromatic heterocycles. The van der Waals surface area contributed by atoms with E-state index in [-0.39, 0.29) is 47.8 Å². The SMILES string of the molecule is CN=C(NCCNS(=O)(=O)c1cccnc1)N(C)CCOc1ccccc1F.I. The van der Waals surface area contributed by atoms with Crippen molar-refractivity contribution in [1.29, 1.82) is 0 Å². The smallest absolute Gasteiger partial charge is 0.242 e. The average Bonchev–Trinajstić information content (AvgIpc) is 2.70. The van der Waals surface area contributed by atoms with Crippen molar-refractivity contribution in [2.45, 2.75) is 4.90 Å². The Morgan fingerprint density at radius 2 is 2.00 bits per heavy atom. The minimum Gasteiger partial charge on any atom is -0.489 e. The van der Waals surface area contributed by atoms with Gasteiger partial charge in [-0.3, -0.25) is 9.98 Å². The van der Waals surface area contributed by atoms with Gasteiger partial charge >= 0.3 is 0 Å². The molecule has 0 bridgehead atoms. The molecule has 29 heavy (non-hydrogen) atoms. The molecule has 0 atom stereocenters. The predicted octanol–water partition coefficient (Wildman–Crippen LogP) is 1.70. The Morgan fingerprint density at radius 3 is 2.66 bits per heavy atom. The highest BCUT2D eigenvalue weighted by Gasteiger charge is 2.13. The zero-order chi connectivity index (χ0) is 20.4. The van der Waals surface area contributed by atoms with Crippen LogP contribution < -0.4 is 14.8 Å². The molecule has 0 radical (unpaired) electrons. The number of likely N-dealkylation sites (N-methyl/N-ethyl adjacent to an activating group) is 1. The molecule has 8 nitrogen and oxygen atoms in total. The zero-order valence-corrected chi connectivity index (χ0v) is 19.4. The van der Waals surface area contributed by atoms with E-state index in [1.54, 1.807) is 43.3 Å². The first-order valence-corrected chi connectivity index (χ1v) is 10.1. The van der Waals surface area contributed by atoms with Crippen LogP contribution in [0.1, 0.15) is 0 Å². The Hall–Kier alpha value is -1.99. The third-order valence-corrected chi connectivity index (χ3v) is 5.19. The maximum Gasteiger partial charge on any atom is 0.242 e. The fraction of sp³-hybridized carbons (Fsp3) is 0.333. The number of hydrogen-bond donors (Lipinski definition) is 2. The molecule has 160 valence electrons. The number of benzene rings is 1. The average molecular weight is 537 g/mol. The molecule has 0 fully saturated rings. The summed E-state index contributed by atoms with van der Waals surface area (Å²) in [4.78, 5) is 9.86. The minimum absolute atomic E-state index is 0. The fourth-order valence-corrected chi connectivity index (χ4v) is 3.29. The molecule has 0 amide bonds. The summed E-state index contributed by atoms with van der Waals surface area (Å²) in [5.41, 5.74) is 0. The molecular formula is C18H25FIN5O3S. The normalized spacial score (nSPS) is 11.5. The quantitative estimate of drug-likeness (QED) is 0.219. The highest BCUT2D eigenvalue weighted by atomic mass is 127. The number of pyridine rings is 1. The van der Waals surface area contributed by atoms with Gasteiger partial charge in [0.2, 0.25) is 10.0 Å². The maximum atomic E-state index is 13.5. The van der Waals surface area contributed by atoms with E-state index in [9.17, 15) is 12.8 Å². The summed E-state index contributed by atoms with van der Waals surface area (Å²) < 4.78 is 45.7. The second-order valence-electron chi connectivity index (χ2n) is 5.76. The lowest BCUT2D eigenvalue weighted by Crippen LogP contribution is -2.43. The van der Waals surface area contributed by atoms with Gasteiger partial charge in [-0.05, 0) is 24.3 Å². The van der Waals surface area contributed by atoms with Gasteiger partial charge in [0.15, 0.2) is 17.5 Å². The van der Waals surface area contributed by atoms with Crippen LogP contribution >= 0.6 is 24.0 Å². The number of sulfonamides is 1. The number of halogens is 2. The highest BCUT2D eigenvalue weighted by Crippen LogP contribution is 2.14. The Labute approximate surface area is 187 Å². The number of hydrogen-bond acceptors (Lipinski definition) is 5. The van der Waals surface area contributed by atoms with Crippen molar-refractivity contribution in [3.8, 4) is 5.75 Å². The van der Waals surface area contributed by atoms with Crippen molar-refractivity contribution in [2.24, 2.45) is 4.99 Å². The summed E-state index contributed by atoms with van der Waals surface area (Å²) in [6.45, 7) is 1.25. The Kier molecular flexibility index (Phi) is 10.8.